The molecule has 0 atom stereocenters. The van der Waals surface area contributed by atoms with Crippen molar-refractivity contribution in [3.63, 3.8) is 0 Å². The molecule has 3 N–H and O–H groups in total. The van der Waals surface area contributed by atoms with Gasteiger partial charge in [0.2, 0.25) is 17.5 Å². The van der Waals surface area contributed by atoms with Gasteiger partial charge in [-0.1, -0.05) is 18.2 Å². The number of allylic oxidation sites excluding steroid dienone is 2. The molecular formula is C18H16N4O4S. The van der Waals surface area contributed by atoms with Gasteiger partial charge in [-0.25, -0.2) is 0 Å². The zero-order valence-corrected chi connectivity index (χ0v) is 15.2. The Bertz CT molecular complexity index is 950. The van der Waals surface area contributed by atoms with E-state index in [-0.39, 0.29) is 34.2 Å². The summed E-state index contributed by atoms with van der Waals surface area (Å²) in [4.78, 5) is 48.8. The second-order valence-electron chi connectivity index (χ2n) is 5.62. The van der Waals surface area contributed by atoms with Gasteiger partial charge in [-0.3, -0.25) is 24.3 Å². The lowest BCUT2D eigenvalue weighted by atomic mass is 9.99. The fourth-order valence-corrected chi connectivity index (χ4v) is 3.44. The van der Waals surface area contributed by atoms with Crippen LogP contribution in [0.5, 0.6) is 0 Å². The molecule has 0 bridgehead atoms. The molecule has 1 aromatic heterocycles. The molecule has 2 amide bonds. The van der Waals surface area contributed by atoms with Crippen LogP contribution in [0.1, 0.15) is 37.8 Å². The van der Waals surface area contributed by atoms with Crippen LogP contribution in [-0.4, -0.2) is 46.4 Å². The number of nitrogens with zero attached hydrogens (tertiary/aromatic N) is 1. The highest BCUT2D eigenvalue weighted by Gasteiger charge is 2.33. The van der Waals surface area contributed by atoms with Gasteiger partial charge in [-0.2, -0.15) is 5.10 Å². The van der Waals surface area contributed by atoms with Crippen LogP contribution in [0.15, 0.2) is 41.3 Å². The standard InChI is InChI=1S/C18H16N4O4S/c1-19-18(26)16-14-15(21-22-16)11(23)9-12(17(14)25)27-8-7-13(24)20-10-5-3-2-4-6-10/h2-6,9H,7-8H2,1H3,(H,19,26)(H,20,24)(H,21,22). The third-order valence-corrected chi connectivity index (χ3v) is 4.83. The van der Waals surface area contributed by atoms with Crippen LogP contribution in [0.25, 0.3) is 0 Å². The van der Waals surface area contributed by atoms with Crippen LogP contribution < -0.4 is 10.6 Å². The first kappa shape index (κ1) is 18.6. The molecule has 8 nitrogen and oxygen atoms in total. The molecule has 27 heavy (non-hydrogen) atoms. The van der Waals surface area contributed by atoms with E-state index in [1.807, 2.05) is 18.2 Å². The van der Waals surface area contributed by atoms with Gasteiger partial charge in [0.15, 0.2) is 0 Å². The Labute approximate surface area is 158 Å². The molecule has 0 radical (unpaired) electrons. The van der Waals surface area contributed by atoms with Gasteiger partial charge < -0.3 is 10.6 Å². The number of aromatic nitrogens is 2. The smallest absolute Gasteiger partial charge is 0.269 e. The van der Waals surface area contributed by atoms with Crippen molar-refractivity contribution >= 4 is 40.8 Å². The van der Waals surface area contributed by atoms with Gasteiger partial charge in [-0.05, 0) is 12.1 Å². The summed E-state index contributed by atoms with van der Waals surface area (Å²) in [6.07, 6.45) is 1.36. The number of amides is 2. The number of hydrogen-bond donors (Lipinski definition) is 3. The number of nitrogens with one attached hydrogen (secondary N) is 3. The highest BCUT2D eigenvalue weighted by atomic mass is 32.2. The molecule has 1 heterocycles. The molecule has 0 aliphatic heterocycles. The van der Waals surface area contributed by atoms with Crippen molar-refractivity contribution in [2.45, 2.75) is 6.42 Å². The van der Waals surface area contributed by atoms with Crippen molar-refractivity contribution < 1.29 is 19.2 Å². The number of aromatic amines is 1. The van der Waals surface area contributed by atoms with E-state index in [9.17, 15) is 19.2 Å². The number of carbonyl (C=O) groups excluding carboxylic acids is 4. The lowest BCUT2D eigenvalue weighted by molar-refractivity contribution is -0.115. The number of rotatable bonds is 6. The van der Waals surface area contributed by atoms with Crippen LogP contribution in [0.4, 0.5) is 5.69 Å². The third kappa shape index (κ3) is 3.98. The van der Waals surface area contributed by atoms with Crippen molar-refractivity contribution in [1.29, 1.82) is 0 Å². The summed E-state index contributed by atoms with van der Waals surface area (Å²) in [5.74, 6) is -1.32. The monoisotopic (exact) mass is 384 g/mol. The summed E-state index contributed by atoms with van der Waals surface area (Å²) < 4.78 is 0. The zero-order valence-electron chi connectivity index (χ0n) is 14.4. The van der Waals surface area contributed by atoms with Gasteiger partial charge in [0, 0.05) is 31.0 Å². The number of para-hydroxylation sites is 1. The second-order valence-corrected chi connectivity index (χ2v) is 6.75. The van der Waals surface area contributed by atoms with E-state index in [1.165, 1.54) is 13.1 Å². The molecule has 0 unspecified atom stereocenters. The van der Waals surface area contributed by atoms with Crippen LogP contribution in [0.2, 0.25) is 0 Å². The fourth-order valence-electron chi connectivity index (χ4n) is 2.51. The first-order valence-electron chi connectivity index (χ1n) is 8.10. The lowest BCUT2D eigenvalue weighted by Crippen LogP contribution is -2.23. The minimum absolute atomic E-state index is 0.0295. The number of ketones is 2. The number of Topliss-reactive ketones (excluding diaryl/α,β-unsaturated/α-hetero) is 1. The normalized spacial score (nSPS) is 13.0. The molecule has 9 heteroatoms. The van der Waals surface area contributed by atoms with E-state index in [4.69, 9.17) is 0 Å². The summed E-state index contributed by atoms with van der Waals surface area (Å²) in [7, 11) is 1.42. The summed E-state index contributed by atoms with van der Waals surface area (Å²) >= 11 is 1.10. The fraction of sp³-hybridized carbons (Fsp3) is 0.167. The molecule has 1 aliphatic carbocycles. The van der Waals surface area contributed by atoms with Gasteiger partial charge in [-0.15, -0.1) is 11.8 Å². The Hall–Kier alpha value is -3.20. The first-order valence-corrected chi connectivity index (χ1v) is 9.08. The Morgan fingerprint density at radius 2 is 1.93 bits per heavy atom. The van der Waals surface area contributed by atoms with E-state index in [0.717, 1.165) is 11.8 Å². The van der Waals surface area contributed by atoms with E-state index < -0.39 is 17.5 Å². The molecule has 2 aromatic rings. The van der Waals surface area contributed by atoms with Crippen LogP contribution in [0, 0.1) is 0 Å². The molecule has 3 rings (SSSR count). The Morgan fingerprint density at radius 3 is 2.63 bits per heavy atom. The average molecular weight is 384 g/mol. The number of carbonyl (C=O) groups is 4. The summed E-state index contributed by atoms with van der Waals surface area (Å²) in [5, 5.41) is 11.4. The van der Waals surface area contributed by atoms with Crippen LogP contribution in [0.3, 0.4) is 0 Å². The van der Waals surface area contributed by atoms with Crippen LogP contribution in [-0.2, 0) is 4.79 Å². The second kappa shape index (κ2) is 8.00. The Morgan fingerprint density at radius 1 is 1.19 bits per heavy atom. The largest absolute Gasteiger partial charge is 0.354 e. The van der Waals surface area contributed by atoms with Gasteiger partial charge in [0.05, 0.1) is 10.5 Å². The van der Waals surface area contributed by atoms with E-state index in [1.54, 1.807) is 12.1 Å². The first-order chi connectivity index (χ1) is 13.0. The Balaban J connectivity index is 1.64. The highest BCUT2D eigenvalue weighted by Crippen LogP contribution is 2.29. The summed E-state index contributed by atoms with van der Waals surface area (Å²) in [5.41, 5.74) is 0.552. The van der Waals surface area contributed by atoms with E-state index in [0.29, 0.717) is 11.4 Å². The van der Waals surface area contributed by atoms with Gasteiger partial charge in [0.25, 0.3) is 5.91 Å². The highest BCUT2D eigenvalue weighted by molar-refractivity contribution is 8.04. The van der Waals surface area contributed by atoms with E-state index in [2.05, 4.69) is 20.8 Å². The van der Waals surface area contributed by atoms with Crippen molar-refractivity contribution in [3.8, 4) is 0 Å². The molecule has 0 saturated carbocycles. The maximum absolute atomic E-state index is 12.6. The Kier molecular flexibility index (Phi) is 5.51. The number of hydrogen-bond acceptors (Lipinski definition) is 6. The molecule has 1 aromatic carbocycles. The number of anilines is 1. The van der Waals surface area contributed by atoms with Gasteiger partial charge >= 0.3 is 0 Å². The number of fused-ring (bicyclic) bond motifs is 1. The molecule has 138 valence electrons. The number of H-pyrrole nitrogens is 1. The summed E-state index contributed by atoms with van der Waals surface area (Å²) in [6, 6.07) is 9.03. The molecule has 0 saturated heterocycles. The van der Waals surface area contributed by atoms with Crippen molar-refractivity contribution in [1.82, 2.24) is 15.5 Å². The minimum atomic E-state index is -0.529. The predicted molar refractivity (Wildman–Crippen MR) is 101 cm³/mol. The molecule has 1 aliphatic rings. The minimum Gasteiger partial charge on any atom is -0.354 e. The predicted octanol–water partition coefficient (Wildman–Crippen LogP) is 1.79. The molecule has 0 spiro atoms. The zero-order chi connectivity index (χ0) is 19.4. The summed E-state index contributed by atoms with van der Waals surface area (Å²) in [6.45, 7) is 0. The SMILES string of the molecule is CNC(=O)c1[nH]nc2c1C(=O)C(SCCC(=O)Nc1ccccc1)=CC2=O. The quantitative estimate of drug-likeness (QED) is 0.698. The number of benzene rings is 1. The van der Waals surface area contributed by atoms with Crippen molar-refractivity contribution in [3.05, 3.63) is 58.3 Å². The van der Waals surface area contributed by atoms with Crippen molar-refractivity contribution in [2.75, 3.05) is 18.1 Å². The van der Waals surface area contributed by atoms with Gasteiger partial charge in [0.1, 0.15) is 11.4 Å². The third-order valence-electron chi connectivity index (χ3n) is 3.81. The average Bonchev–Trinajstić information content (AvgIpc) is 3.12. The molecular weight excluding hydrogens is 368 g/mol. The topological polar surface area (TPSA) is 121 Å². The van der Waals surface area contributed by atoms with Crippen molar-refractivity contribution in [2.24, 2.45) is 0 Å². The van der Waals surface area contributed by atoms with Crippen LogP contribution >= 0.6 is 11.8 Å². The lowest BCUT2D eigenvalue weighted by Gasteiger charge is -2.11. The maximum atomic E-state index is 12.6. The van der Waals surface area contributed by atoms with E-state index >= 15 is 0 Å². The molecule has 0 fully saturated rings. The number of thioether (sulfide) groups is 1. The maximum Gasteiger partial charge on any atom is 0.269 e.